The van der Waals surface area contributed by atoms with Gasteiger partial charge in [-0.2, -0.15) is 5.10 Å². The topological polar surface area (TPSA) is 116 Å². The molecule has 2 heterocycles. The molecular formula is C26H20F2LiN5O3. The van der Waals surface area contributed by atoms with Crippen LogP contribution in [0.15, 0.2) is 77.6 Å². The van der Waals surface area contributed by atoms with Crippen LogP contribution >= 0.6 is 0 Å². The number of nitrogen functional groups attached to an aromatic ring is 1. The molecule has 3 aromatic carbocycles. The summed E-state index contributed by atoms with van der Waals surface area (Å²) in [6.45, 7) is 0.357. The fourth-order valence-corrected chi connectivity index (χ4v) is 4.01. The van der Waals surface area contributed by atoms with Crippen LogP contribution in [0.5, 0.6) is 0 Å². The van der Waals surface area contributed by atoms with Crippen LogP contribution in [-0.4, -0.2) is 49.3 Å². The molecule has 37 heavy (non-hydrogen) atoms. The van der Waals surface area contributed by atoms with E-state index in [1.54, 1.807) is 22.8 Å². The average Bonchev–Trinajstić information content (AvgIpc) is 3.15. The first-order valence-electron chi connectivity index (χ1n) is 10.9. The van der Waals surface area contributed by atoms with Gasteiger partial charge in [0.15, 0.2) is 11.6 Å². The van der Waals surface area contributed by atoms with Crippen molar-refractivity contribution in [3.8, 4) is 11.3 Å². The summed E-state index contributed by atoms with van der Waals surface area (Å²) in [6, 6.07) is 18.7. The van der Waals surface area contributed by atoms with E-state index in [1.807, 2.05) is 24.3 Å². The molecule has 0 saturated carbocycles. The summed E-state index contributed by atoms with van der Waals surface area (Å²) in [7, 11) is 0. The van der Waals surface area contributed by atoms with Gasteiger partial charge in [0.05, 0.1) is 35.4 Å². The molecule has 0 unspecified atom stereocenters. The van der Waals surface area contributed by atoms with Crippen molar-refractivity contribution in [1.29, 1.82) is 0 Å². The fourth-order valence-electron chi connectivity index (χ4n) is 4.01. The molecule has 3 N–H and O–H groups in total. The van der Waals surface area contributed by atoms with Gasteiger partial charge in [-0.3, -0.25) is 4.79 Å². The Morgan fingerprint density at radius 1 is 0.919 bits per heavy atom. The molecule has 0 radical (unpaired) electrons. The van der Waals surface area contributed by atoms with Crippen LogP contribution in [0.25, 0.3) is 22.3 Å². The summed E-state index contributed by atoms with van der Waals surface area (Å²) >= 11 is 0. The number of carbonyl (C=O) groups is 1. The molecule has 0 bridgehead atoms. The number of aromatic nitrogens is 4. The van der Waals surface area contributed by atoms with Crippen molar-refractivity contribution >= 4 is 41.8 Å². The van der Waals surface area contributed by atoms with Crippen molar-refractivity contribution in [2.75, 3.05) is 5.73 Å². The van der Waals surface area contributed by atoms with Gasteiger partial charge in [-0.15, -0.1) is 0 Å². The summed E-state index contributed by atoms with van der Waals surface area (Å²) in [5, 5.41) is 13.7. The molecule has 2 aromatic heterocycles. The van der Waals surface area contributed by atoms with Gasteiger partial charge < -0.3 is 15.4 Å². The third-order valence-electron chi connectivity index (χ3n) is 5.76. The van der Waals surface area contributed by atoms with Gasteiger partial charge in [0.25, 0.3) is 5.56 Å². The normalized spacial score (nSPS) is 10.9. The zero-order valence-electron chi connectivity index (χ0n) is 18.7. The monoisotopic (exact) mass is 495 g/mol. The van der Waals surface area contributed by atoms with Gasteiger partial charge in [-0.05, 0) is 35.4 Å². The van der Waals surface area contributed by atoms with Gasteiger partial charge in [0.1, 0.15) is 0 Å². The quantitative estimate of drug-likeness (QED) is 0.350. The number of benzene rings is 3. The van der Waals surface area contributed by atoms with Crippen molar-refractivity contribution in [2.45, 2.75) is 13.1 Å². The van der Waals surface area contributed by atoms with Crippen LogP contribution in [0.3, 0.4) is 0 Å². The zero-order valence-corrected chi connectivity index (χ0v) is 18.7. The SMILES string of the molecule is Nc1nc2cc(F)c(F)cc2n1Cc1cccc(-c2ccc(=O)n(Cc3cccc(C(=O)O)c3)n2)c1.[LiH]. The maximum atomic E-state index is 13.8. The second kappa shape index (κ2) is 10.4. The number of nitrogens with zero attached hydrogens (tertiary/aromatic N) is 4. The van der Waals surface area contributed by atoms with Gasteiger partial charge in [0.2, 0.25) is 5.95 Å². The van der Waals surface area contributed by atoms with Crippen molar-refractivity contribution in [3.05, 3.63) is 111 Å². The fraction of sp³-hybridized carbons (Fsp3) is 0.0769. The molecule has 182 valence electrons. The van der Waals surface area contributed by atoms with Crippen LogP contribution in [0, 0.1) is 11.6 Å². The predicted molar refractivity (Wildman–Crippen MR) is 137 cm³/mol. The number of carboxylic acids is 1. The van der Waals surface area contributed by atoms with Crippen molar-refractivity contribution in [2.24, 2.45) is 0 Å². The van der Waals surface area contributed by atoms with E-state index in [4.69, 9.17) is 5.73 Å². The molecule has 0 aliphatic rings. The molecule has 8 nitrogen and oxygen atoms in total. The summed E-state index contributed by atoms with van der Waals surface area (Å²) in [5.74, 6) is -2.92. The van der Waals surface area contributed by atoms with E-state index < -0.39 is 17.6 Å². The number of rotatable bonds is 6. The second-order valence-electron chi connectivity index (χ2n) is 8.23. The van der Waals surface area contributed by atoms with Gasteiger partial charge in [-0.25, -0.2) is 23.2 Å². The third kappa shape index (κ3) is 5.30. The van der Waals surface area contributed by atoms with E-state index in [1.165, 1.54) is 22.9 Å². The molecule has 5 aromatic rings. The van der Waals surface area contributed by atoms with E-state index >= 15 is 0 Å². The Balaban J connectivity index is 0.00000320. The average molecular weight is 495 g/mol. The van der Waals surface area contributed by atoms with Gasteiger partial charge in [0, 0.05) is 23.8 Å². The Hall–Kier alpha value is -4.26. The summed E-state index contributed by atoms with van der Waals surface area (Å²) in [6.07, 6.45) is 0. The van der Waals surface area contributed by atoms with Crippen LogP contribution < -0.4 is 11.3 Å². The zero-order chi connectivity index (χ0) is 25.4. The molecule has 0 aliphatic carbocycles. The maximum absolute atomic E-state index is 13.8. The van der Waals surface area contributed by atoms with E-state index in [-0.39, 0.29) is 54.5 Å². The van der Waals surface area contributed by atoms with Crippen molar-refractivity contribution in [3.63, 3.8) is 0 Å². The number of anilines is 1. The molecule has 0 atom stereocenters. The molecule has 5 rings (SSSR count). The molecule has 0 saturated heterocycles. The van der Waals surface area contributed by atoms with Gasteiger partial charge in [-0.1, -0.05) is 30.3 Å². The Labute approximate surface area is 221 Å². The first kappa shape index (κ1) is 25.8. The Morgan fingerprint density at radius 2 is 1.62 bits per heavy atom. The van der Waals surface area contributed by atoms with Crippen LogP contribution in [0.4, 0.5) is 14.7 Å². The predicted octanol–water partition coefficient (Wildman–Crippen LogP) is 3.27. The molecule has 0 fully saturated rings. The van der Waals surface area contributed by atoms with E-state index in [9.17, 15) is 23.5 Å². The standard InChI is InChI=1S/C26H19F2N5O3.Li.H/c27-19-11-22-23(12-20(19)28)32(26(29)30-22)13-15-3-1-5-17(9-15)21-7-8-24(34)33(31-21)14-16-4-2-6-18(10-16)25(35)36;;/h1-12H,13-14H2,(H2,29,30)(H,35,36);;. The first-order valence-corrected chi connectivity index (χ1v) is 10.9. The number of carboxylic acid groups (broad SMARTS) is 1. The molecule has 11 heteroatoms. The van der Waals surface area contributed by atoms with Crippen molar-refractivity contribution in [1.82, 2.24) is 19.3 Å². The molecule has 0 aliphatic heterocycles. The Bertz CT molecular complexity index is 1700. The number of halogens is 2. The number of hydrogen-bond donors (Lipinski definition) is 2. The number of nitrogens with two attached hydrogens (primary N) is 1. The number of imidazole rings is 1. The van der Waals surface area contributed by atoms with Crippen LogP contribution in [0.2, 0.25) is 0 Å². The molecule has 0 spiro atoms. The molecule has 0 amide bonds. The summed E-state index contributed by atoms with van der Waals surface area (Å²) < 4.78 is 30.3. The van der Waals surface area contributed by atoms with E-state index in [2.05, 4.69) is 10.1 Å². The number of hydrogen-bond acceptors (Lipinski definition) is 5. The van der Waals surface area contributed by atoms with Crippen molar-refractivity contribution < 1.29 is 18.7 Å². The first-order chi connectivity index (χ1) is 17.3. The molecular weight excluding hydrogens is 475 g/mol. The van der Waals surface area contributed by atoms with E-state index in [0.717, 1.165) is 23.3 Å². The third-order valence-corrected chi connectivity index (χ3v) is 5.76. The second-order valence-corrected chi connectivity index (χ2v) is 8.23. The van der Waals surface area contributed by atoms with Crippen LogP contribution in [0.1, 0.15) is 21.5 Å². The Morgan fingerprint density at radius 3 is 2.38 bits per heavy atom. The minimum atomic E-state index is -1.05. The summed E-state index contributed by atoms with van der Waals surface area (Å²) in [5.41, 5.74) is 9.10. The summed E-state index contributed by atoms with van der Waals surface area (Å²) in [4.78, 5) is 27.8. The van der Waals surface area contributed by atoms with Crippen LogP contribution in [-0.2, 0) is 13.1 Å². The van der Waals surface area contributed by atoms with Gasteiger partial charge >= 0.3 is 24.8 Å². The number of fused-ring (bicyclic) bond motifs is 1. The van der Waals surface area contributed by atoms with E-state index in [0.29, 0.717) is 16.8 Å². The Kier molecular flexibility index (Phi) is 7.25. The number of aromatic carboxylic acids is 1. The minimum absolute atomic E-state index is 0.